The van der Waals surface area contributed by atoms with E-state index in [1.54, 1.807) is 7.11 Å². The van der Waals surface area contributed by atoms with Gasteiger partial charge in [0.1, 0.15) is 11.5 Å². The fraction of sp³-hybridized carbons (Fsp3) is 0.440. The average Bonchev–Trinajstić information content (AvgIpc) is 3.11. The van der Waals surface area contributed by atoms with Crippen LogP contribution in [0.1, 0.15) is 62.5 Å². The number of fused-ring (bicyclic) bond motifs is 3. The second-order valence-corrected chi connectivity index (χ2v) is 8.49. The highest BCUT2D eigenvalue weighted by molar-refractivity contribution is 5.86. The highest BCUT2D eigenvalue weighted by Crippen LogP contribution is 2.40. The van der Waals surface area contributed by atoms with Gasteiger partial charge in [0.25, 0.3) is 0 Å². The first-order valence-electron chi connectivity index (χ1n) is 10.7. The van der Waals surface area contributed by atoms with Gasteiger partial charge in [0.2, 0.25) is 0 Å². The first-order valence-corrected chi connectivity index (χ1v) is 10.7. The number of nitrogens with one attached hydrogen (secondary N) is 2. The normalized spacial score (nSPS) is 16.7. The molecule has 29 heavy (non-hydrogen) atoms. The molecule has 2 aromatic carbocycles. The third kappa shape index (κ3) is 3.51. The summed E-state index contributed by atoms with van der Waals surface area (Å²) in [4.78, 5) is 3.68. The molecule has 4 heteroatoms. The molecule has 1 unspecified atom stereocenters. The van der Waals surface area contributed by atoms with Crippen LogP contribution in [-0.4, -0.2) is 25.2 Å². The van der Waals surface area contributed by atoms with E-state index in [9.17, 15) is 0 Å². The number of benzene rings is 2. The molecule has 3 aromatic rings. The van der Waals surface area contributed by atoms with Crippen molar-refractivity contribution in [1.29, 1.82) is 0 Å². The topological polar surface area (TPSA) is 46.3 Å². The molecule has 0 saturated heterocycles. The van der Waals surface area contributed by atoms with Gasteiger partial charge in [-0.05, 0) is 66.6 Å². The van der Waals surface area contributed by atoms with Gasteiger partial charge in [-0.15, -0.1) is 0 Å². The van der Waals surface area contributed by atoms with Crippen LogP contribution >= 0.6 is 0 Å². The van der Waals surface area contributed by atoms with Gasteiger partial charge in [0.05, 0.1) is 19.8 Å². The third-order valence-electron chi connectivity index (χ3n) is 6.44. The Labute approximate surface area is 173 Å². The Kier molecular flexibility index (Phi) is 5.30. The molecule has 0 fully saturated rings. The van der Waals surface area contributed by atoms with Gasteiger partial charge in [-0.1, -0.05) is 26.8 Å². The Hall–Kier alpha value is -2.46. The largest absolute Gasteiger partial charge is 0.496 e. The second-order valence-electron chi connectivity index (χ2n) is 8.49. The molecule has 1 aromatic heterocycles. The molecule has 0 saturated carbocycles. The standard InChI is InChI=1S/C25H32N2O2/c1-6-25(3,4)16-8-11-22(28-5)20(14-16)23-24-18(12-13-26-23)19-15-17(29-7-2)9-10-21(19)27-24/h8-11,14-15,23,26-27H,6-7,12-13H2,1-5H3. The first kappa shape index (κ1) is 19.8. The summed E-state index contributed by atoms with van der Waals surface area (Å²) in [6, 6.07) is 13.1. The number of aromatic nitrogens is 1. The summed E-state index contributed by atoms with van der Waals surface area (Å²) >= 11 is 0. The second kappa shape index (κ2) is 7.75. The number of H-pyrrole nitrogens is 1. The van der Waals surface area contributed by atoms with Gasteiger partial charge < -0.3 is 19.8 Å². The monoisotopic (exact) mass is 392 g/mol. The van der Waals surface area contributed by atoms with E-state index < -0.39 is 0 Å². The minimum Gasteiger partial charge on any atom is -0.496 e. The van der Waals surface area contributed by atoms with E-state index in [0.717, 1.165) is 36.4 Å². The van der Waals surface area contributed by atoms with E-state index in [4.69, 9.17) is 9.47 Å². The van der Waals surface area contributed by atoms with Crippen LogP contribution in [0.2, 0.25) is 0 Å². The molecular formula is C25H32N2O2. The quantitative estimate of drug-likeness (QED) is 0.582. The van der Waals surface area contributed by atoms with Crippen LogP contribution in [0.5, 0.6) is 11.5 Å². The van der Waals surface area contributed by atoms with Crippen LogP contribution in [0.25, 0.3) is 10.9 Å². The highest BCUT2D eigenvalue weighted by atomic mass is 16.5. The molecule has 0 radical (unpaired) electrons. The van der Waals surface area contributed by atoms with Gasteiger partial charge in [0, 0.05) is 28.7 Å². The van der Waals surface area contributed by atoms with E-state index in [1.165, 1.54) is 27.8 Å². The highest BCUT2D eigenvalue weighted by Gasteiger charge is 2.29. The van der Waals surface area contributed by atoms with E-state index in [-0.39, 0.29) is 11.5 Å². The van der Waals surface area contributed by atoms with Crippen LogP contribution in [0, 0.1) is 0 Å². The van der Waals surface area contributed by atoms with Gasteiger partial charge in [-0.2, -0.15) is 0 Å². The van der Waals surface area contributed by atoms with Crippen molar-refractivity contribution in [3.63, 3.8) is 0 Å². The summed E-state index contributed by atoms with van der Waals surface area (Å²) in [6.07, 6.45) is 2.10. The minimum absolute atomic E-state index is 0.0873. The maximum absolute atomic E-state index is 5.77. The maximum atomic E-state index is 5.77. The Bertz CT molecular complexity index is 1020. The van der Waals surface area contributed by atoms with Gasteiger partial charge in [-0.25, -0.2) is 0 Å². The van der Waals surface area contributed by atoms with Gasteiger partial charge in [0.15, 0.2) is 0 Å². The smallest absolute Gasteiger partial charge is 0.124 e. The Morgan fingerprint density at radius 3 is 2.66 bits per heavy atom. The van der Waals surface area contributed by atoms with Crippen molar-refractivity contribution in [3.8, 4) is 11.5 Å². The summed E-state index contributed by atoms with van der Waals surface area (Å²) in [5, 5.41) is 4.99. The predicted molar refractivity (Wildman–Crippen MR) is 119 cm³/mol. The molecule has 1 aliphatic heterocycles. The molecular weight excluding hydrogens is 360 g/mol. The third-order valence-corrected chi connectivity index (χ3v) is 6.44. The lowest BCUT2D eigenvalue weighted by Crippen LogP contribution is -2.31. The summed E-state index contributed by atoms with van der Waals surface area (Å²) in [6.45, 7) is 10.5. The molecule has 4 rings (SSSR count). The maximum Gasteiger partial charge on any atom is 0.124 e. The van der Waals surface area contributed by atoms with Crippen molar-refractivity contribution in [2.75, 3.05) is 20.3 Å². The molecule has 1 atom stereocenters. The summed E-state index contributed by atoms with van der Waals surface area (Å²) in [5.41, 5.74) is 6.46. The SMILES string of the molecule is CCOc1ccc2[nH]c3c(c2c1)CCNC3c1cc(C(C)(C)CC)ccc1OC. The molecule has 2 heterocycles. The zero-order valence-corrected chi connectivity index (χ0v) is 18.2. The van der Waals surface area contributed by atoms with E-state index in [0.29, 0.717) is 6.61 Å². The predicted octanol–water partition coefficient (Wildman–Crippen LogP) is 5.50. The van der Waals surface area contributed by atoms with Crippen molar-refractivity contribution in [3.05, 3.63) is 58.8 Å². The van der Waals surface area contributed by atoms with E-state index >= 15 is 0 Å². The van der Waals surface area contributed by atoms with Crippen LogP contribution in [0.15, 0.2) is 36.4 Å². The van der Waals surface area contributed by atoms with Crippen molar-refractivity contribution >= 4 is 10.9 Å². The Balaban J connectivity index is 1.84. The van der Waals surface area contributed by atoms with E-state index in [1.807, 2.05) is 13.0 Å². The van der Waals surface area contributed by atoms with Crippen molar-refractivity contribution in [1.82, 2.24) is 10.3 Å². The van der Waals surface area contributed by atoms with Crippen molar-refractivity contribution < 1.29 is 9.47 Å². The number of methoxy groups -OCH3 is 1. The molecule has 0 aliphatic carbocycles. The molecule has 0 amide bonds. The fourth-order valence-electron chi connectivity index (χ4n) is 4.31. The molecule has 4 nitrogen and oxygen atoms in total. The zero-order chi connectivity index (χ0) is 20.6. The molecule has 2 N–H and O–H groups in total. The molecule has 154 valence electrons. The van der Waals surface area contributed by atoms with Crippen molar-refractivity contribution in [2.24, 2.45) is 0 Å². The van der Waals surface area contributed by atoms with Crippen LogP contribution in [0.3, 0.4) is 0 Å². The Morgan fingerprint density at radius 2 is 1.93 bits per heavy atom. The summed E-state index contributed by atoms with van der Waals surface area (Å²) in [7, 11) is 1.76. The molecule has 0 spiro atoms. The van der Waals surface area contributed by atoms with Crippen molar-refractivity contribution in [2.45, 2.75) is 52.0 Å². The van der Waals surface area contributed by atoms with Crippen LogP contribution in [0.4, 0.5) is 0 Å². The molecule has 0 bridgehead atoms. The lowest BCUT2D eigenvalue weighted by molar-refractivity contribution is 0.340. The fourth-order valence-corrected chi connectivity index (χ4v) is 4.31. The lowest BCUT2D eigenvalue weighted by Gasteiger charge is -2.29. The first-order chi connectivity index (χ1) is 14.0. The summed E-state index contributed by atoms with van der Waals surface area (Å²) < 4.78 is 11.5. The number of rotatable bonds is 6. The number of aromatic amines is 1. The number of ether oxygens (including phenoxy) is 2. The minimum atomic E-state index is 0.0873. The zero-order valence-electron chi connectivity index (χ0n) is 18.2. The van der Waals surface area contributed by atoms with E-state index in [2.05, 4.69) is 61.4 Å². The molecule has 1 aliphatic rings. The van der Waals surface area contributed by atoms with Gasteiger partial charge >= 0.3 is 0 Å². The lowest BCUT2D eigenvalue weighted by atomic mass is 9.80. The Morgan fingerprint density at radius 1 is 1.10 bits per heavy atom. The van der Waals surface area contributed by atoms with Crippen LogP contribution in [-0.2, 0) is 11.8 Å². The van der Waals surface area contributed by atoms with Gasteiger partial charge in [-0.3, -0.25) is 0 Å². The number of hydrogen-bond acceptors (Lipinski definition) is 3. The average molecular weight is 393 g/mol. The van der Waals surface area contributed by atoms with Crippen LogP contribution < -0.4 is 14.8 Å². The number of hydrogen-bond donors (Lipinski definition) is 2. The summed E-state index contributed by atoms with van der Waals surface area (Å²) in [5.74, 6) is 1.86.